The molecule has 2 heterocycles. The van der Waals surface area contributed by atoms with Crippen LogP contribution in [0.25, 0.3) is 0 Å². The quantitative estimate of drug-likeness (QED) is 0.936. The van der Waals surface area contributed by atoms with Crippen molar-refractivity contribution in [1.82, 2.24) is 15.1 Å². The maximum Gasteiger partial charge on any atom is 0.230 e. The normalized spacial score (nSPS) is 19.1. The molecule has 0 spiro atoms. The van der Waals surface area contributed by atoms with Gasteiger partial charge in [-0.2, -0.15) is 5.10 Å². The van der Waals surface area contributed by atoms with Crippen LogP contribution in [0.4, 0.5) is 5.82 Å². The predicted octanol–water partition coefficient (Wildman–Crippen LogP) is 2.91. The smallest absolute Gasteiger partial charge is 0.230 e. The maximum absolute atomic E-state index is 13.2. The molecule has 1 aromatic carbocycles. The predicted molar refractivity (Wildman–Crippen MR) is 97.4 cm³/mol. The Morgan fingerprint density at radius 2 is 2.12 bits per heavy atom. The monoisotopic (exact) mass is 336 g/mol. The minimum absolute atomic E-state index is 0.00883. The van der Waals surface area contributed by atoms with Crippen LogP contribution in [-0.4, -0.2) is 34.1 Å². The van der Waals surface area contributed by atoms with Gasteiger partial charge in [-0.25, -0.2) is 0 Å². The Hall–Kier alpha value is -2.43. The molecule has 25 heavy (non-hydrogen) atoms. The Morgan fingerprint density at radius 3 is 3.00 bits per heavy atom. The van der Waals surface area contributed by atoms with E-state index in [1.165, 1.54) is 11.1 Å². The van der Waals surface area contributed by atoms with Crippen molar-refractivity contribution in [3.63, 3.8) is 0 Å². The topological polar surface area (TPSA) is 58.1 Å². The van der Waals surface area contributed by atoms with Crippen molar-refractivity contribution >= 4 is 11.7 Å². The molecule has 1 N–H and O–H groups in total. The molecule has 4 rings (SSSR count). The molecule has 2 aromatic rings. The van der Waals surface area contributed by atoms with Gasteiger partial charge in [-0.3, -0.25) is 4.79 Å². The highest BCUT2D eigenvalue weighted by atomic mass is 16.2. The van der Waals surface area contributed by atoms with E-state index >= 15 is 0 Å². The molecule has 1 atom stereocenters. The molecule has 2 aliphatic rings. The molecule has 0 unspecified atom stereocenters. The van der Waals surface area contributed by atoms with Crippen LogP contribution < -0.4 is 5.32 Å². The van der Waals surface area contributed by atoms with Gasteiger partial charge in [0.2, 0.25) is 5.91 Å². The number of amides is 1. The maximum atomic E-state index is 13.2. The second-order valence-corrected chi connectivity index (χ2v) is 6.89. The first-order valence-corrected chi connectivity index (χ1v) is 9.22. The van der Waals surface area contributed by atoms with E-state index < -0.39 is 0 Å². The highest BCUT2D eigenvalue weighted by molar-refractivity contribution is 5.84. The molecule has 1 aromatic heterocycles. The first kappa shape index (κ1) is 16.1. The summed E-state index contributed by atoms with van der Waals surface area (Å²) >= 11 is 0. The summed E-state index contributed by atoms with van der Waals surface area (Å²) in [6.45, 7) is 4.23. The SMILES string of the molecule is CCNc1cc2c(nn1)CCN(C(=O)[C@@H]1CCCc3ccccc31)C2. The number of anilines is 1. The molecule has 0 fully saturated rings. The van der Waals surface area contributed by atoms with Gasteiger partial charge in [-0.05, 0) is 48.9 Å². The molecule has 1 aliphatic heterocycles. The van der Waals surface area contributed by atoms with E-state index in [0.717, 1.165) is 55.8 Å². The zero-order valence-electron chi connectivity index (χ0n) is 14.7. The van der Waals surface area contributed by atoms with E-state index in [2.05, 4.69) is 33.7 Å². The van der Waals surface area contributed by atoms with Crippen LogP contribution in [0.2, 0.25) is 0 Å². The number of carbonyl (C=O) groups excluding carboxylic acids is 1. The van der Waals surface area contributed by atoms with Crippen molar-refractivity contribution in [3.8, 4) is 0 Å². The Morgan fingerprint density at radius 1 is 1.24 bits per heavy atom. The van der Waals surface area contributed by atoms with Crippen LogP contribution >= 0.6 is 0 Å². The Balaban J connectivity index is 1.56. The fourth-order valence-corrected chi connectivity index (χ4v) is 4.02. The number of hydrogen-bond acceptors (Lipinski definition) is 4. The number of carbonyl (C=O) groups is 1. The van der Waals surface area contributed by atoms with Crippen molar-refractivity contribution < 1.29 is 4.79 Å². The molecule has 5 heteroatoms. The highest BCUT2D eigenvalue weighted by Crippen LogP contribution is 2.34. The van der Waals surface area contributed by atoms with E-state index in [1.807, 2.05) is 24.0 Å². The molecular formula is C20H24N4O. The van der Waals surface area contributed by atoms with Gasteiger partial charge in [0.1, 0.15) is 5.82 Å². The molecule has 1 aliphatic carbocycles. The summed E-state index contributed by atoms with van der Waals surface area (Å²) in [5.74, 6) is 1.06. The number of rotatable bonds is 3. The summed E-state index contributed by atoms with van der Waals surface area (Å²) in [4.78, 5) is 15.2. The van der Waals surface area contributed by atoms with Crippen molar-refractivity contribution in [1.29, 1.82) is 0 Å². The molecule has 0 saturated heterocycles. The summed E-state index contributed by atoms with van der Waals surface area (Å²) in [5, 5.41) is 11.7. The number of aromatic nitrogens is 2. The molecule has 130 valence electrons. The van der Waals surface area contributed by atoms with Crippen LogP contribution in [0.1, 0.15) is 48.1 Å². The second-order valence-electron chi connectivity index (χ2n) is 6.89. The van der Waals surface area contributed by atoms with Crippen LogP contribution in [0, 0.1) is 0 Å². The zero-order valence-corrected chi connectivity index (χ0v) is 14.7. The second kappa shape index (κ2) is 6.82. The Bertz CT molecular complexity index is 789. The standard InChI is InChI=1S/C20H24N4O/c1-2-21-19-12-15-13-24(11-10-18(15)22-23-19)20(25)17-9-5-7-14-6-3-4-8-16(14)17/h3-4,6,8,12,17H,2,5,7,9-11,13H2,1H3,(H,21,23)/t17-/m1/s1. The van der Waals surface area contributed by atoms with Gasteiger partial charge in [-0.1, -0.05) is 24.3 Å². The van der Waals surface area contributed by atoms with Crippen LogP contribution in [0.5, 0.6) is 0 Å². The van der Waals surface area contributed by atoms with E-state index in [-0.39, 0.29) is 11.8 Å². The zero-order chi connectivity index (χ0) is 17.2. The largest absolute Gasteiger partial charge is 0.369 e. The minimum atomic E-state index is 0.00883. The summed E-state index contributed by atoms with van der Waals surface area (Å²) in [5.41, 5.74) is 4.71. The Labute approximate surface area is 148 Å². The fraction of sp³-hybridized carbons (Fsp3) is 0.450. The average molecular weight is 336 g/mol. The number of fused-ring (bicyclic) bond motifs is 2. The summed E-state index contributed by atoms with van der Waals surface area (Å²) in [6, 6.07) is 10.5. The van der Waals surface area contributed by atoms with Gasteiger partial charge in [0.25, 0.3) is 0 Å². The Kier molecular flexibility index (Phi) is 4.38. The molecule has 0 saturated carbocycles. The van der Waals surface area contributed by atoms with Gasteiger partial charge in [0.05, 0.1) is 11.6 Å². The lowest BCUT2D eigenvalue weighted by atomic mass is 9.82. The number of nitrogens with zero attached hydrogens (tertiary/aromatic N) is 3. The number of hydrogen-bond donors (Lipinski definition) is 1. The van der Waals surface area contributed by atoms with Gasteiger partial charge in [-0.15, -0.1) is 5.10 Å². The first-order chi connectivity index (χ1) is 12.3. The molecule has 5 nitrogen and oxygen atoms in total. The van der Waals surface area contributed by atoms with Crippen LogP contribution in [0.15, 0.2) is 30.3 Å². The van der Waals surface area contributed by atoms with E-state index in [1.54, 1.807) is 0 Å². The van der Waals surface area contributed by atoms with Crippen LogP contribution in [-0.2, 0) is 24.2 Å². The van der Waals surface area contributed by atoms with Crippen molar-refractivity contribution in [2.75, 3.05) is 18.4 Å². The van der Waals surface area contributed by atoms with E-state index in [4.69, 9.17) is 0 Å². The molecule has 0 radical (unpaired) electrons. The molecular weight excluding hydrogens is 312 g/mol. The summed E-state index contributed by atoms with van der Waals surface area (Å²) < 4.78 is 0. The summed E-state index contributed by atoms with van der Waals surface area (Å²) in [6.07, 6.45) is 3.92. The lowest BCUT2D eigenvalue weighted by molar-refractivity contribution is -0.134. The van der Waals surface area contributed by atoms with Gasteiger partial charge >= 0.3 is 0 Å². The highest BCUT2D eigenvalue weighted by Gasteiger charge is 2.31. The van der Waals surface area contributed by atoms with E-state index in [9.17, 15) is 4.79 Å². The average Bonchev–Trinajstić information content (AvgIpc) is 2.66. The summed E-state index contributed by atoms with van der Waals surface area (Å²) in [7, 11) is 0. The lowest BCUT2D eigenvalue weighted by Gasteiger charge is -2.33. The minimum Gasteiger partial charge on any atom is -0.369 e. The van der Waals surface area contributed by atoms with E-state index in [0.29, 0.717) is 6.54 Å². The van der Waals surface area contributed by atoms with Crippen molar-refractivity contribution in [3.05, 3.63) is 52.7 Å². The third-order valence-electron chi connectivity index (χ3n) is 5.28. The number of aryl methyl sites for hydroxylation is 1. The van der Waals surface area contributed by atoms with Crippen molar-refractivity contribution in [2.45, 2.75) is 45.1 Å². The van der Waals surface area contributed by atoms with Gasteiger partial charge < -0.3 is 10.2 Å². The number of benzene rings is 1. The van der Waals surface area contributed by atoms with Gasteiger partial charge in [0, 0.05) is 26.1 Å². The third kappa shape index (κ3) is 3.11. The third-order valence-corrected chi connectivity index (χ3v) is 5.28. The van der Waals surface area contributed by atoms with Crippen molar-refractivity contribution in [2.24, 2.45) is 0 Å². The first-order valence-electron chi connectivity index (χ1n) is 9.22. The van der Waals surface area contributed by atoms with Gasteiger partial charge in [0.15, 0.2) is 0 Å². The van der Waals surface area contributed by atoms with Crippen LogP contribution in [0.3, 0.4) is 0 Å². The molecule has 0 bridgehead atoms. The fourth-order valence-electron chi connectivity index (χ4n) is 4.02. The number of nitrogens with one attached hydrogen (secondary N) is 1. The molecule has 1 amide bonds. The lowest BCUT2D eigenvalue weighted by Crippen LogP contribution is -2.40.